The van der Waals surface area contributed by atoms with Crippen molar-refractivity contribution in [2.45, 2.75) is 71.1 Å². The van der Waals surface area contributed by atoms with Crippen LogP contribution < -0.4 is 5.32 Å². The molecule has 0 atom stereocenters. The number of phenols is 1. The normalized spacial score (nSPS) is 10.5. The van der Waals surface area contributed by atoms with E-state index in [1.54, 1.807) is 18.2 Å². The zero-order valence-electron chi connectivity index (χ0n) is 14.4. The average molecular weight is 321 g/mol. The molecule has 0 saturated carbocycles. The van der Waals surface area contributed by atoms with Crippen LogP contribution in [0.25, 0.3) is 0 Å². The van der Waals surface area contributed by atoms with Crippen molar-refractivity contribution in [1.82, 2.24) is 0 Å². The number of aromatic hydroxyl groups is 1. The van der Waals surface area contributed by atoms with Gasteiger partial charge in [0.1, 0.15) is 5.75 Å². The minimum atomic E-state index is -0.512. The standard InChI is InChI=1S/C19H31NO3/c1-2-3-4-5-6-7-8-9-10-13-16-23-19(22)20-17-14-11-12-15-18(17)21/h11-12,14-15,21H,2-10,13,16H2,1H3,(H,20,22). The van der Waals surface area contributed by atoms with Crippen LogP contribution in [0.15, 0.2) is 24.3 Å². The number of ether oxygens (including phenoxy) is 1. The Morgan fingerprint density at radius 1 is 0.957 bits per heavy atom. The Labute approximate surface area is 140 Å². The molecule has 2 N–H and O–H groups in total. The zero-order valence-corrected chi connectivity index (χ0v) is 14.4. The van der Waals surface area contributed by atoms with Crippen molar-refractivity contribution in [1.29, 1.82) is 0 Å². The zero-order chi connectivity index (χ0) is 16.8. The van der Waals surface area contributed by atoms with Gasteiger partial charge in [0.15, 0.2) is 0 Å². The van der Waals surface area contributed by atoms with Crippen molar-refractivity contribution >= 4 is 11.8 Å². The highest BCUT2D eigenvalue weighted by Crippen LogP contribution is 2.21. The highest BCUT2D eigenvalue weighted by molar-refractivity contribution is 5.86. The first-order valence-electron chi connectivity index (χ1n) is 8.95. The van der Waals surface area contributed by atoms with E-state index in [0.29, 0.717) is 12.3 Å². The van der Waals surface area contributed by atoms with E-state index in [0.717, 1.165) is 12.8 Å². The molecular weight excluding hydrogens is 290 g/mol. The summed E-state index contributed by atoms with van der Waals surface area (Å²) in [5.41, 5.74) is 0.376. The molecule has 23 heavy (non-hydrogen) atoms. The highest BCUT2D eigenvalue weighted by Gasteiger charge is 2.05. The number of hydrogen-bond donors (Lipinski definition) is 2. The molecule has 1 aromatic carbocycles. The fourth-order valence-corrected chi connectivity index (χ4v) is 2.48. The van der Waals surface area contributed by atoms with Gasteiger partial charge in [0.05, 0.1) is 12.3 Å². The van der Waals surface area contributed by atoms with E-state index in [1.165, 1.54) is 57.4 Å². The molecule has 0 spiro atoms. The molecule has 0 unspecified atom stereocenters. The van der Waals surface area contributed by atoms with Crippen LogP contribution in [0.4, 0.5) is 10.5 Å². The minimum Gasteiger partial charge on any atom is -0.506 e. The van der Waals surface area contributed by atoms with Crippen LogP contribution in [0.5, 0.6) is 5.75 Å². The van der Waals surface area contributed by atoms with Crippen LogP contribution in [0.1, 0.15) is 71.1 Å². The van der Waals surface area contributed by atoms with Crippen molar-refractivity contribution in [2.75, 3.05) is 11.9 Å². The predicted octanol–water partition coefficient (Wildman–Crippen LogP) is 5.86. The second-order valence-electron chi connectivity index (χ2n) is 5.96. The number of anilines is 1. The van der Waals surface area contributed by atoms with Crippen LogP contribution in [-0.4, -0.2) is 17.8 Å². The topological polar surface area (TPSA) is 58.6 Å². The maximum Gasteiger partial charge on any atom is 0.411 e. The SMILES string of the molecule is CCCCCCCCCCCCOC(=O)Nc1ccccc1O. The van der Waals surface area contributed by atoms with Gasteiger partial charge in [-0.1, -0.05) is 76.8 Å². The van der Waals surface area contributed by atoms with Crippen molar-refractivity contribution in [2.24, 2.45) is 0 Å². The summed E-state index contributed by atoms with van der Waals surface area (Å²) in [4.78, 5) is 11.6. The van der Waals surface area contributed by atoms with Gasteiger partial charge in [0.2, 0.25) is 0 Å². The molecule has 0 radical (unpaired) electrons. The molecule has 0 saturated heterocycles. The van der Waals surface area contributed by atoms with Gasteiger partial charge in [-0.15, -0.1) is 0 Å². The molecule has 1 amide bonds. The summed E-state index contributed by atoms with van der Waals surface area (Å²) in [5, 5.41) is 12.1. The lowest BCUT2D eigenvalue weighted by atomic mass is 10.1. The number of amides is 1. The maximum atomic E-state index is 11.6. The largest absolute Gasteiger partial charge is 0.506 e. The van der Waals surface area contributed by atoms with E-state index in [4.69, 9.17) is 4.74 Å². The third-order valence-electron chi connectivity index (χ3n) is 3.87. The first-order valence-corrected chi connectivity index (χ1v) is 8.95. The Balaban J connectivity index is 1.93. The summed E-state index contributed by atoms with van der Waals surface area (Å²) in [6, 6.07) is 6.61. The fraction of sp³-hybridized carbons (Fsp3) is 0.632. The molecule has 1 aromatic rings. The van der Waals surface area contributed by atoms with E-state index >= 15 is 0 Å². The smallest absolute Gasteiger partial charge is 0.411 e. The molecular formula is C19H31NO3. The van der Waals surface area contributed by atoms with E-state index in [2.05, 4.69) is 12.2 Å². The molecule has 4 heteroatoms. The van der Waals surface area contributed by atoms with Gasteiger partial charge in [-0.3, -0.25) is 5.32 Å². The third kappa shape index (κ3) is 9.82. The molecule has 0 aliphatic rings. The third-order valence-corrected chi connectivity index (χ3v) is 3.87. The minimum absolute atomic E-state index is 0.0448. The van der Waals surface area contributed by atoms with E-state index in [-0.39, 0.29) is 5.75 Å². The number of unbranched alkanes of at least 4 members (excludes halogenated alkanes) is 9. The number of benzene rings is 1. The van der Waals surface area contributed by atoms with Gasteiger partial charge in [-0.05, 0) is 18.6 Å². The summed E-state index contributed by atoms with van der Waals surface area (Å²) >= 11 is 0. The van der Waals surface area contributed by atoms with E-state index in [1.807, 2.05) is 0 Å². The van der Waals surface area contributed by atoms with E-state index in [9.17, 15) is 9.90 Å². The number of phenolic OH excluding ortho intramolecular Hbond substituents is 1. The number of hydrogen-bond acceptors (Lipinski definition) is 3. The van der Waals surface area contributed by atoms with Gasteiger partial charge in [0, 0.05) is 0 Å². The van der Waals surface area contributed by atoms with Gasteiger partial charge < -0.3 is 9.84 Å². The van der Waals surface area contributed by atoms with Crippen LogP contribution >= 0.6 is 0 Å². The molecule has 1 rings (SSSR count). The monoisotopic (exact) mass is 321 g/mol. The Kier molecular flexibility index (Phi) is 10.8. The molecule has 0 heterocycles. The summed E-state index contributed by atoms with van der Waals surface area (Å²) < 4.78 is 5.11. The lowest BCUT2D eigenvalue weighted by Crippen LogP contribution is -2.14. The van der Waals surface area contributed by atoms with Crippen molar-refractivity contribution in [3.63, 3.8) is 0 Å². The Bertz CT molecular complexity index is 434. The second-order valence-corrected chi connectivity index (χ2v) is 5.96. The molecule has 0 aromatic heterocycles. The molecule has 130 valence electrons. The fourth-order valence-electron chi connectivity index (χ4n) is 2.48. The van der Waals surface area contributed by atoms with Crippen molar-refractivity contribution < 1.29 is 14.6 Å². The maximum absolute atomic E-state index is 11.6. The van der Waals surface area contributed by atoms with Gasteiger partial charge >= 0.3 is 6.09 Å². The second kappa shape index (κ2) is 12.8. The summed E-state index contributed by atoms with van der Waals surface area (Å²) in [5.74, 6) is 0.0448. The average Bonchev–Trinajstić information content (AvgIpc) is 2.55. The molecule has 0 aliphatic carbocycles. The van der Waals surface area contributed by atoms with Gasteiger partial charge in [-0.2, -0.15) is 0 Å². The number of rotatable bonds is 12. The predicted molar refractivity (Wildman–Crippen MR) is 94.9 cm³/mol. The van der Waals surface area contributed by atoms with Crippen LogP contribution in [0.2, 0.25) is 0 Å². The summed E-state index contributed by atoms with van der Waals surface area (Å²) in [6.07, 6.45) is 12.0. The Morgan fingerprint density at radius 3 is 2.13 bits per heavy atom. The van der Waals surface area contributed by atoms with Crippen LogP contribution in [-0.2, 0) is 4.74 Å². The Hall–Kier alpha value is -1.71. The molecule has 0 bridgehead atoms. The quantitative estimate of drug-likeness (QED) is 0.374. The molecule has 4 nitrogen and oxygen atoms in total. The van der Waals surface area contributed by atoms with Crippen molar-refractivity contribution in [3.8, 4) is 5.75 Å². The molecule has 0 fully saturated rings. The van der Waals surface area contributed by atoms with Gasteiger partial charge in [0.25, 0.3) is 0 Å². The van der Waals surface area contributed by atoms with Gasteiger partial charge in [-0.25, -0.2) is 4.79 Å². The van der Waals surface area contributed by atoms with E-state index < -0.39 is 6.09 Å². The first-order chi connectivity index (χ1) is 11.2. The summed E-state index contributed by atoms with van der Waals surface area (Å²) in [7, 11) is 0. The van der Waals surface area contributed by atoms with Crippen LogP contribution in [0, 0.1) is 0 Å². The van der Waals surface area contributed by atoms with Crippen molar-refractivity contribution in [3.05, 3.63) is 24.3 Å². The first kappa shape index (κ1) is 19.3. The Morgan fingerprint density at radius 2 is 1.52 bits per heavy atom. The number of carbonyl (C=O) groups excluding carboxylic acids is 1. The number of para-hydroxylation sites is 2. The number of nitrogens with one attached hydrogen (secondary N) is 1. The van der Waals surface area contributed by atoms with Crippen LogP contribution in [0.3, 0.4) is 0 Å². The highest BCUT2D eigenvalue weighted by atomic mass is 16.5. The number of carbonyl (C=O) groups is 1. The summed E-state index contributed by atoms with van der Waals surface area (Å²) in [6.45, 7) is 2.67. The lowest BCUT2D eigenvalue weighted by Gasteiger charge is -2.08. The lowest BCUT2D eigenvalue weighted by molar-refractivity contribution is 0.159. The molecule has 0 aliphatic heterocycles.